The van der Waals surface area contributed by atoms with Gasteiger partial charge in [0.2, 0.25) is 0 Å². The Bertz CT molecular complexity index is 494. The molecular formula is C16H18BrN. The van der Waals surface area contributed by atoms with Crippen molar-refractivity contribution in [2.75, 3.05) is 6.54 Å². The van der Waals surface area contributed by atoms with Crippen molar-refractivity contribution in [3.05, 3.63) is 69.7 Å². The smallest absolute Gasteiger partial charge is 0.0220 e. The van der Waals surface area contributed by atoms with E-state index in [-0.39, 0.29) is 0 Å². The van der Waals surface area contributed by atoms with Crippen LogP contribution < -0.4 is 5.32 Å². The predicted molar refractivity (Wildman–Crippen MR) is 80.7 cm³/mol. The van der Waals surface area contributed by atoms with Crippen LogP contribution in [0.15, 0.2) is 53.0 Å². The lowest BCUT2D eigenvalue weighted by atomic mass is 10.1. The van der Waals surface area contributed by atoms with E-state index >= 15 is 0 Å². The zero-order valence-corrected chi connectivity index (χ0v) is 12.2. The van der Waals surface area contributed by atoms with Crippen LogP contribution in [0.3, 0.4) is 0 Å². The molecule has 0 aliphatic heterocycles. The summed E-state index contributed by atoms with van der Waals surface area (Å²) in [5, 5.41) is 3.49. The SMILES string of the molecule is Cc1ccc(Br)c(CNCCc2ccccc2)c1. The molecule has 0 fully saturated rings. The molecule has 0 atom stereocenters. The minimum absolute atomic E-state index is 0.912. The molecule has 0 saturated heterocycles. The number of benzene rings is 2. The lowest BCUT2D eigenvalue weighted by Gasteiger charge is -2.08. The van der Waals surface area contributed by atoms with Crippen molar-refractivity contribution in [3.63, 3.8) is 0 Å². The first-order chi connectivity index (χ1) is 8.75. The van der Waals surface area contributed by atoms with Crippen LogP contribution in [0.2, 0.25) is 0 Å². The van der Waals surface area contributed by atoms with Crippen molar-refractivity contribution in [1.29, 1.82) is 0 Å². The molecule has 0 spiro atoms. The van der Waals surface area contributed by atoms with Gasteiger partial charge in [-0.15, -0.1) is 0 Å². The molecular weight excluding hydrogens is 286 g/mol. The van der Waals surface area contributed by atoms with Crippen LogP contribution in [0.4, 0.5) is 0 Å². The average Bonchev–Trinajstić information content (AvgIpc) is 2.40. The number of halogens is 1. The maximum absolute atomic E-state index is 3.59. The number of rotatable bonds is 5. The molecule has 0 amide bonds. The Morgan fingerprint density at radius 3 is 2.61 bits per heavy atom. The number of nitrogens with one attached hydrogen (secondary N) is 1. The molecule has 94 valence electrons. The summed E-state index contributed by atoms with van der Waals surface area (Å²) in [7, 11) is 0. The molecule has 0 radical (unpaired) electrons. The van der Waals surface area contributed by atoms with Crippen molar-refractivity contribution in [2.45, 2.75) is 19.9 Å². The van der Waals surface area contributed by atoms with E-state index in [1.807, 2.05) is 0 Å². The first kappa shape index (κ1) is 13.3. The van der Waals surface area contributed by atoms with E-state index in [0.717, 1.165) is 19.5 Å². The van der Waals surface area contributed by atoms with Gasteiger partial charge >= 0.3 is 0 Å². The third-order valence-electron chi connectivity index (χ3n) is 2.95. The van der Waals surface area contributed by atoms with Gasteiger partial charge < -0.3 is 5.32 Å². The largest absolute Gasteiger partial charge is 0.312 e. The number of hydrogen-bond acceptors (Lipinski definition) is 1. The molecule has 0 unspecified atom stereocenters. The molecule has 2 rings (SSSR count). The van der Waals surface area contributed by atoms with Gasteiger partial charge in [-0.25, -0.2) is 0 Å². The molecule has 2 aromatic carbocycles. The molecule has 2 aromatic rings. The summed E-state index contributed by atoms with van der Waals surface area (Å²) in [6.45, 7) is 4.04. The highest BCUT2D eigenvalue weighted by Crippen LogP contribution is 2.17. The van der Waals surface area contributed by atoms with Crippen LogP contribution in [0.5, 0.6) is 0 Å². The first-order valence-corrected chi connectivity index (χ1v) is 7.04. The van der Waals surface area contributed by atoms with Gasteiger partial charge in [-0.05, 0) is 37.1 Å². The van der Waals surface area contributed by atoms with E-state index in [1.165, 1.54) is 21.2 Å². The van der Waals surface area contributed by atoms with Crippen LogP contribution in [-0.2, 0) is 13.0 Å². The lowest BCUT2D eigenvalue weighted by Crippen LogP contribution is -2.17. The van der Waals surface area contributed by atoms with Gasteiger partial charge in [0.1, 0.15) is 0 Å². The van der Waals surface area contributed by atoms with Crippen molar-refractivity contribution >= 4 is 15.9 Å². The second kappa shape index (κ2) is 6.72. The summed E-state index contributed by atoms with van der Waals surface area (Å²) < 4.78 is 1.18. The fourth-order valence-corrected chi connectivity index (χ4v) is 2.33. The second-order valence-corrected chi connectivity index (χ2v) is 5.36. The van der Waals surface area contributed by atoms with Crippen molar-refractivity contribution < 1.29 is 0 Å². The Labute approximate surface area is 117 Å². The standard InChI is InChI=1S/C16H18BrN/c1-13-7-8-16(17)15(11-13)12-18-10-9-14-5-3-2-4-6-14/h2-8,11,18H,9-10,12H2,1H3. The Kier molecular flexibility index (Phi) is 4.97. The van der Waals surface area contributed by atoms with E-state index in [1.54, 1.807) is 0 Å². The van der Waals surface area contributed by atoms with Crippen LogP contribution >= 0.6 is 15.9 Å². The Hall–Kier alpha value is -1.12. The van der Waals surface area contributed by atoms with Gasteiger partial charge in [0.15, 0.2) is 0 Å². The van der Waals surface area contributed by atoms with E-state index < -0.39 is 0 Å². The molecule has 18 heavy (non-hydrogen) atoms. The molecule has 0 bridgehead atoms. The third kappa shape index (κ3) is 3.97. The summed E-state index contributed by atoms with van der Waals surface area (Å²) in [5.41, 5.74) is 4.01. The summed E-state index contributed by atoms with van der Waals surface area (Å²) in [6, 6.07) is 17.0. The highest BCUT2D eigenvalue weighted by molar-refractivity contribution is 9.10. The van der Waals surface area contributed by atoms with E-state index in [0.29, 0.717) is 0 Å². The van der Waals surface area contributed by atoms with Crippen molar-refractivity contribution in [3.8, 4) is 0 Å². The third-order valence-corrected chi connectivity index (χ3v) is 3.72. The maximum atomic E-state index is 3.59. The van der Waals surface area contributed by atoms with Gasteiger partial charge in [0.05, 0.1) is 0 Å². The summed E-state index contributed by atoms with van der Waals surface area (Å²) in [5.74, 6) is 0. The van der Waals surface area contributed by atoms with Crippen LogP contribution in [0.25, 0.3) is 0 Å². The minimum Gasteiger partial charge on any atom is -0.312 e. The Morgan fingerprint density at radius 2 is 1.83 bits per heavy atom. The molecule has 2 heteroatoms. The topological polar surface area (TPSA) is 12.0 Å². The van der Waals surface area contributed by atoms with Crippen molar-refractivity contribution in [1.82, 2.24) is 5.32 Å². The first-order valence-electron chi connectivity index (χ1n) is 6.25. The molecule has 1 N–H and O–H groups in total. The van der Waals surface area contributed by atoms with E-state index in [2.05, 4.69) is 76.7 Å². The fraction of sp³-hybridized carbons (Fsp3) is 0.250. The molecule has 1 nitrogen and oxygen atoms in total. The van der Waals surface area contributed by atoms with Gasteiger partial charge in [-0.1, -0.05) is 64.0 Å². The van der Waals surface area contributed by atoms with E-state index in [9.17, 15) is 0 Å². The van der Waals surface area contributed by atoms with Gasteiger partial charge in [-0.3, -0.25) is 0 Å². The van der Waals surface area contributed by atoms with Crippen LogP contribution in [0.1, 0.15) is 16.7 Å². The van der Waals surface area contributed by atoms with Gasteiger partial charge in [0, 0.05) is 11.0 Å². The van der Waals surface area contributed by atoms with Crippen LogP contribution in [-0.4, -0.2) is 6.54 Å². The van der Waals surface area contributed by atoms with E-state index in [4.69, 9.17) is 0 Å². The van der Waals surface area contributed by atoms with Crippen molar-refractivity contribution in [2.24, 2.45) is 0 Å². The maximum Gasteiger partial charge on any atom is 0.0220 e. The Balaban J connectivity index is 1.80. The molecule has 0 aliphatic carbocycles. The Morgan fingerprint density at radius 1 is 1.06 bits per heavy atom. The zero-order valence-electron chi connectivity index (χ0n) is 10.6. The molecule has 0 heterocycles. The summed E-state index contributed by atoms with van der Waals surface area (Å²) >= 11 is 3.59. The second-order valence-electron chi connectivity index (χ2n) is 4.51. The highest BCUT2D eigenvalue weighted by Gasteiger charge is 1.99. The molecule has 0 aromatic heterocycles. The van der Waals surface area contributed by atoms with Crippen LogP contribution in [0, 0.1) is 6.92 Å². The molecule has 0 saturated carbocycles. The van der Waals surface area contributed by atoms with Gasteiger partial charge in [0.25, 0.3) is 0 Å². The summed E-state index contributed by atoms with van der Waals surface area (Å²) in [6.07, 6.45) is 1.07. The summed E-state index contributed by atoms with van der Waals surface area (Å²) in [4.78, 5) is 0. The zero-order chi connectivity index (χ0) is 12.8. The lowest BCUT2D eigenvalue weighted by molar-refractivity contribution is 0.685. The minimum atomic E-state index is 0.912. The average molecular weight is 304 g/mol. The fourth-order valence-electron chi connectivity index (χ4n) is 1.94. The monoisotopic (exact) mass is 303 g/mol. The van der Waals surface area contributed by atoms with Gasteiger partial charge in [-0.2, -0.15) is 0 Å². The highest BCUT2D eigenvalue weighted by atomic mass is 79.9. The normalized spacial score (nSPS) is 10.6. The quantitative estimate of drug-likeness (QED) is 0.820. The predicted octanol–water partition coefficient (Wildman–Crippen LogP) is 4.09. The molecule has 0 aliphatic rings. The number of aryl methyl sites for hydroxylation is 1. The number of hydrogen-bond donors (Lipinski definition) is 1.